The predicted molar refractivity (Wildman–Crippen MR) is 92.6 cm³/mol. The van der Waals surface area contributed by atoms with Crippen molar-refractivity contribution in [1.29, 1.82) is 5.26 Å². The number of halogens is 1. The minimum Gasteiger partial charge on any atom is -0.388 e. The Morgan fingerprint density at radius 1 is 1.26 bits per heavy atom. The molecular weight excluding hydrogens is 373 g/mol. The maximum Gasteiger partial charge on any atom is 0.238 e. The average molecular weight is 387 g/mol. The van der Waals surface area contributed by atoms with Gasteiger partial charge in [-0.1, -0.05) is 12.1 Å². The third kappa shape index (κ3) is 4.01. The Kier molecular flexibility index (Phi) is 5.00. The van der Waals surface area contributed by atoms with Crippen LogP contribution in [0.25, 0.3) is 5.69 Å². The van der Waals surface area contributed by atoms with Gasteiger partial charge < -0.3 is 5.11 Å². The van der Waals surface area contributed by atoms with Crippen LogP contribution in [0.15, 0.2) is 47.4 Å². The van der Waals surface area contributed by atoms with Crippen molar-refractivity contribution < 1.29 is 17.9 Å². The molecule has 2 aromatic carbocycles. The van der Waals surface area contributed by atoms with E-state index in [-0.39, 0.29) is 22.8 Å². The molecule has 0 spiro atoms. The lowest BCUT2D eigenvalue weighted by atomic mass is 10.1. The van der Waals surface area contributed by atoms with Gasteiger partial charge in [-0.3, -0.25) is 0 Å². The van der Waals surface area contributed by atoms with Crippen LogP contribution in [0.3, 0.4) is 0 Å². The van der Waals surface area contributed by atoms with Gasteiger partial charge in [0.2, 0.25) is 10.0 Å². The average Bonchev–Trinajstić information content (AvgIpc) is 3.03. The summed E-state index contributed by atoms with van der Waals surface area (Å²) in [5, 5.41) is 27.4. The van der Waals surface area contributed by atoms with Gasteiger partial charge in [-0.2, -0.15) is 5.26 Å². The molecule has 0 unspecified atom stereocenters. The van der Waals surface area contributed by atoms with E-state index in [1.54, 1.807) is 24.3 Å². The van der Waals surface area contributed by atoms with Crippen LogP contribution in [0.1, 0.15) is 22.8 Å². The second-order valence-corrected chi connectivity index (χ2v) is 7.22. The summed E-state index contributed by atoms with van der Waals surface area (Å²) in [5.74, 6) is -0.462. The number of sulfonamides is 1. The molecule has 10 heteroatoms. The molecule has 0 amide bonds. The van der Waals surface area contributed by atoms with Crippen molar-refractivity contribution in [1.82, 2.24) is 14.8 Å². The molecule has 0 fully saturated rings. The van der Waals surface area contributed by atoms with Gasteiger partial charge in [0.15, 0.2) is 5.82 Å². The van der Waals surface area contributed by atoms with Crippen LogP contribution in [-0.2, 0) is 23.1 Å². The summed E-state index contributed by atoms with van der Waals surface area (Å²) in [5.41, 5.74) is 1.17. The third-order valence-electron chi connectivity index (χ3n) is 3.75. The zero-order valence-corrected chi connectivity index (χ0v) is 14.7. The van der Waals surface area contributed by atoms with Gasteiger partial charge in [0.1, 0.15) is 23.9 Å². The number of nitrogens with zero attached hydrogens (tertiary/aromatic N) is 4. The smallest absolute Gasteiger partial charge is 0.238 e. The van der Waals surface area contributed by atoms with Crippen LogP contribution in [0, 0.1) is 17.1 Å². The van der Waals surface area contributed by atoms with Crippen LogP contribution < -0.4 is 5.14 Å². The number of hydrogen-bond donors (Lipinski definition) is 2. The van der Waals surface area contributed by atoms with Crippen molar-refractivity contribution in [3.8, 4) is 11.8 Å². The summed E-state index contributed by atoms with van der Waals surface area (Å²) in [6.07, 6.45) is 0.221. The number of aliphatic hydroxyl groups excluding tert-OH is 1. The van der Waals surface area contributed by atoms with Gasteiger partial charge in [0.25, 0.3) is 0 Å². The first kappa shape index (κ1) is 18.7. The molecule has 0 bridgehead atoms. The van der Waals surface area contributed by atoms with Crippen LogP contribution >= 0.6 is 0 Å². The molecule has 1 heterocycles. The largest absolute Gasteiger partial charge is 0.388 e. The van der Waals surface area contributed by atoms with Gasteiger partial charge in [-0.25, -0.2) is 27.6 Å². The molecular formula is C17H14FN5O3S. The van der Waals surface area contributed by atoms with Gasteiger partial charge in [0, 0.05) is 6.42 Å². The Bertz CT molecular complexity index is 1150. The summed E-state index contributed by atoms with van der Waals surface area (Å²) < 4.78 is 38.4. The number of rotatable bonds is 5. The maximum absolute atomic E-state index is 14.5. The topological polar surface area (TPSA) is 135 Å². The second-order valence-electron chi connectivity index (χ2n) is 5.66. The van der Waals surface area contributed by atoms with E-state index in [9.17, 15) is 17.9 Å². The zero-order chi connectivity index (χ0) is 19.6. The Balaban J connectivity index is 2.06. The molecule has 0 aliphatic rings. The fraction of sp³-hybridized carbons (Fsp3) is 0.118. The summed E-state index contributed by atoms with van der Waals surface area (Å²) >= 11 is 0. The van der Waals surface area contributed by atoms with Crippen LogP contribution in [0.5, 0.6) is 0 Å². The molecule has 138 valence electrons. The first-order chi connectivity index (χ1) is 12.8. The van der Waals surface area contributed by atoms with E-state index in [0.29, 0.717) is 11.4 Å². The maximum atomic E-state index is 14.5. The summed E-state index contributed by atoms with van der Waals surface area (Å²) in [6, 6.07) is 12.0. The molecule has 3 aromatic rings. The molecule has 0 saturated carbocycles. The van der Waals surface area contributed by atoms with Crippen molar-refractivity contribution in [3.63, 3.8) is 0 Å². The standard InChI is InChI=1S/C17H14FN5O3S/c18-14-8-13(27(20,25)26)4-5-15(14)23-17(21-16(10-24)22-23)7-11-2-1-3-12(6-11)9-19/h1-6,8,24H,7,10H2,(H2,20,25,26). The van der Waals surface area contributed by atoms with Crippen molar-refractivity contribution in [3.05, 3.63) is 71.1 Å². The summed E-state index contributed by atoms with van der Waals surface area (Å²) in [4.78, 5) is 3.81. The van der Waals surface area contributed by atoms with E-state index in [1.807, 2.05) is 6.07 Å². The molecule has 0 aliphatic heterocycles. The first-order valence-corrected chi connectivity index (χ1v) is 9.24. The van der Waals surface area contributed by atoms with Crippen molar-refractivity contribution in [2.75, 3.05) is 0 Å². The monoisotopic (exact) mass is 387 g/mol. The molecule has 27 heavy (non-hydrogen) atoms. The lowest BCUT2D eigenvalue weighted by Gasteiger charge is -2.08. The van der Waals surface area contributed by atoms with E-state index in [0.717, 1.165) is 17.7 Å². The number of nitrogens with two attached hydrogens (primary N) is 1. The van der Waals surface area contributed by atoms with E-state index in [1.165, 1.54) is 10.7 Å². The molecule has 3 rings (SSSR count). The van der Waals surface area contributed by atoms with Crippen LogP contribution in [-0.4, -0.2) is 28.3 Å². The SMILES string of the molecule is N#Cc1cccc(Cc2nc(CO)nn2-c2ccc(S(N)(=O)=O)cc2F)c1. The predicted octanol–water partition coefficient (Wildman–Crippen LogP) is 1.01. The fourth-order valence-electron chi connectivity index (χ4n) is 2.54. The second kappa shape index (κ2) is 7.24. The highest BCUT2D eigenvalue weighted by molar-refractivity contribution is 7.89. The number of primary sulfonamides is 1. The molecule has 3 N–H and O–H groups in total. The van der Waals surface area contributed by atoms with Crippen LogP contribution in [0.4, 0.5) is 4.39 Å². The minimum atomic E-state index is -4.05. The Labute approximate surface area is 154 Å². The number of nitriles is 1. The van der Waals surface area contributed by atoms with E-state index >= 15 is 0 Å². The number of aliphatic hydroxyl groups is 1. The van der Waals surface area contributed by atoms with Gasteiger partial charge in [0.05, 0.1) is 16.5 Å². The Hall–Kier alpha value is -3.13. The van der Waals surface area contributed by atoms with Crippen LogP contribution in [0.2, 0.25) is 0 Å². The number of benzene rings is 2. The molecule has 1 aromatic heterocycles. The van der Waals surface area contributed by atoms with Gasteiger partial charge >= 0.3 is 0 Å². The fourth-order valence-corrected chi connectivity index (χ4v) is 3.06. The van der Waals surface area contributed by atoms with Gasteiger partial charge in [-0.15, -0.1) is 5.10 Å². The molecule has 0 aliphatic carbocycles. The summed E-state index contributed by atoms with van der Waals surface area (Å²) in [7, 11) is -4.05. The number of aromatic nitrogens is 3. The van der Waals surface area contributed by atoms with E-state index in [2.05, 4.69) is 10.1 Å². The lowest BCUT2D eigenvalue weighted by molar-refractivity contribution is 0.271. The molecule has 0 atom stereocenters. The van der Waals surface area contributed by atoms with Gasteiger partial charge in [-0.05, 0) is 35.9 Å². The summed E-state index contributed by atoms with van der Waals surface area (Å²) in [6.45, 7) is -0.449. The van der Waals surface area contributed by atoms with E-state index < -0.39 is 22.4 Å². The van der Waals surface area contributed by atoms with E-state index in [4.69, 9.17) is 10.4 Å². The highest BCUT2D eigenvalue weighted by atomic mass is 32.2. The van der Waals surface area contributed by atoms with Crippen molar-refractivity contribution in [2.45, 2.75) is 17.9 Å². The Morgan fingerprint density at radius 2 is 2.04 bits per heavy atom. The zero-order valence-electron chi connectivity index (χ0n) is 13.9. The lowest BCUT2D eigenvalue weighted by Crippen LogP contribution is -2.13. The van der Waals surface area contributed by atoms with Crippen molar-refractivity contribution in [2.24, 2.45) is 5.14 Å². The number of hydrogen-bond acceptors (Lipinski definition) is 6. The first-order valence-electron chi connectivity index (χ1n) is 7.69. The highest BCUT2D eigenvalue weighted by Crippen LogP contribution is 2.20. The van der Waals surface area contributed by atoms with Crippen molar-refractivity contribution >= 4 is 10.0 Å². The normalized spacial score (nSPS) is 11.3. The quantitative estimate of drug-likeness (QED) is 0.671. The highest BCUT2D eigenvalue weighted by Gasteiger charge is 2.18. The molecule has 0 radical (unpaired) electrons. The third-order valence-corrected chi connectivity index (χ3v) is 4.66. The molecule has 0 saturated heterocycles. The minimum absolute atomic E-state index is 0.0407. The Morgan fingerprint density at radius 3 is 2.67 bits per heavy atom. The molecule has 8 nitrogen and oxygen atoms in total.